The van der Waals surface area contributed by atoms with Crippen LogP contribution in [0.15, 0.2) is 21.7 Å². The monoisotopic (exact) mass is 334 g/mol. The average Bonchev–Trinajstić information content (AvgIpc) is 2.93. The zero-order valence-corrected chi connectivity index (χ0v) is 13.9. The third-order valence-electron chi connectivity index (χ3n) is 3.29. The highest BCUT2D eigenvalue weighted by molar-refractivity contribution is 7.91. The number of aliphatic hydroxyl groups is 1. The minimum absolute atomic E-state index is 0.00434. The molecule has 6 nitrogen and oxygen atoms in total. The molecule has 0 aliphatic rings. The van der Waals surface area contributed by atoms with E-state index in [0.717, 1.165) is 11.3 Å². The van der Waals surface area contributed by atoms with Crippen LogP contribution >= 0.6 is 11.3 Å². The fraction of sp³-hybridized carbons (Fsp3) is 0.615. The molecule has 0 aromatic carbocycles. The van der Waals surface area contributed by atoms with E-state index in [2.05, 4.69) is 10.0 Å². The maximum atomic E-state index is 11.9. The van der Waals surface area contributed by atoms with Gasteiger partial charge in [0.05, 0.1) is 0 Å². The summed E-state index contributed by atoms with van der Waals surface area (Å²) in [5.74, 6) is -0.235. The van der Waals surface area contributed by atoms with E-state index >= 15 is 0 Å². The molecule has 1 aromatic heterocycles. The normalized spacial score (nSPS) is 14.6. The van der Waals surface area contributed by atoms with E-state index in [1.54, 1.807) is 11.4 Å². The molecule has 0 aliphatic carbocycles. The lowest BCUT2D eigenvalue weighted by atomic mass is 9.95. The van der Waals surface area contributed by atoms with E-state index < -0.39 is 15.6 Å². The second kappa shape index (κ2) is 7.88. The molecule has 0 aliphatic heterocycles. The molecular weight excluding hydrogens is 312 g/mol. The van der Waals surface area contributed by atoms with Gasteiger partial charge in [-0.15, -0.1) is 11.3 Å². The van der Waals surface area contributed by atoms with Crippen LogP contribution in [0.5, 0.6) is 0 Å². The van der Waals surface area contributed by atoms with Crippen molar-refractivity contribution in [3.8, 4) is 0 Å². The van der Waals surface area contributed by atoms with E-state index in [1.807, 2.05) is 13.8 Å². The second-order valence-electron chi connectivity index (χ2n) is 5.02. The number of hydrogen-bond acceptors (Lipinski definition) is 5. The Bertz CT molecular complexity index is 543. The van der Waals surface area contributed by atoms with Gasteiger partial charge in [-0.25, -0.2) is 13.1 Å². The zero-order chi connectivity index (χ0) is 15.9. The first kappa shape index (κ1) is 18.1. The topological polar surface area (TPSA) is 95.5 Å². The SMILES string of the molecule is CCC(C)(CCO)NC(=O)CCNS(=O)(=O)c1cccs1. The van der Waals surface area contributed by atoms with Crippen LogP contribution in [0.3, 0.4) is 0 Å². The number of thiophene rings is 1. The Hall–Kier alpha value is -0.960. The van der Waals surface area contributed by atoms with Gasteiger partial charge in [0.25, 0.3) is 0 Å². The molecule has 3 N–H and O–H groups in total. The van der Waals surface area contributed by atoms with Crippen molar-refractivity contribution in [3.63, 3.8) is 0 Å². The number of nitrogens with one attached hydrogen (secondary N) is 2. The smallest absolute Gasteiger partial charge is 0.250 e. The van der Waals surface area contributed by atoms with E-state index in [-0.39, 0.29) is 29.7 Å². The minimum atomic E-state index is -3.52. The van der Waals surface area contributed by atoms with Gasteiger partial charge in [0.15, 0.2) is 0 Å². The summed E-state index contributed by atoms with van der Waals surface area (Å²) in [6, 6.07) is 3.18. The van der Waals surface area contributed by atoms with Gasteiger partial charge in [0, 0.05) is 25.1 Å². The molecule has 8 heteroatoms. The van der Waals surface area contributed by atoms with Crippen molar-refractivity contribution in [1.29, 1.82) is 0 Å². The molecule has 1 rings (SSSR count). The third kappa shape index (κ3) is 5.74. The summed E-state index contributed by atoms with van der Waals surface area (Å²) < 4.78 is 26.3. The van der Waals surface area contributed by atoms with Crippen molar-refractivity contribution in [3.05, 3.63) is 17.5 Å². The van der Waals surface area contributed by atoms with Crippen molar-refractivity contribution < 1.29 is 18.3 Å². The van der Waals surface area contributed by atoms with Crippen molar-refractivity contribution in [2.75, 3.05) is 13.2 Å². The zero-order valence-electron chi connectivity index (χ0n) is 12.3. The Morgan fingerprint density at radius 3 is 2.71 bits per heavy atom. The second-order valence-corrected chi connectivity index (χ2v) is 7.96. The van der Waals surface area contributed by atoms with Crippen LogP contribution in [0.4, 0.5) is 0 Å². The first-order valence-corrected chi connectivity index (χ1v) is 9.14. The molecular formula is C13H22N2O4S2. The van der Waals surface area contributed by atoms with E-state index in [4.69, 9.17) is 5.11 Å². The lowest BCUT2D eigenvalue weighted by molar-refractivity contribution is -0.122. The summed E-state index contributed by atoms with van der Waals surface area (Å²) in [6.07, 6.45) is 1.22. The predicted molar refractivity (Wildman–Crippen MR) is 82.7 cm³/mol. The minimum Gasteiger partial charge on any atom is -0.396 e. The van der Waals surface area contributed by atoms with Gasteiger partial charge in [-0.1, -0.05) is 13.0 Å². The third-order valence-corrected chi connectivity index (χ3v) is 6.15. The van der Waals surface area contributed by atoms with Crippen molar-refractivity contribution in [2.24, 2.45) is 0 Å². The fourth-order valence-corrected chi connectivity index (χ4v) is 3.83. The van der Waals surface area contributed by atoms with Crippen LogP contribution in [-0.2, 0) is 14.8 Å². The number of amides is 1. The number of carbonyl (C=O) groups excluding carboxylic acids is 1. The van der Waals surface area contributed by atoms with Gasteiger partial charge in [0.1, 0.15) is 4.21 Å². The number of aliphatic hydroxyl groups excluding tert-OH is 1. The van der Waals surface area contributed by atoms with Crippen LogP contribution in [0.25, 0.3) is 0 Å². The summed E-state index contributed by atoms with van der Waals surface area (Å²) in [4.78, 5) is 11.8. The van der Waals surface area contributed by atoms with Gasteiger partial charge in [-0.2, -0.15) is 0 Å². The van der Waals surface area contributed by atoms with Crippen LogP contribution < -0.4 is 10.0 Å². The van der Waals surface area contributed by atoms with E-state index in [0.29, 0.717) is 12.8 Å². The number of sulfonamides is 1. The Balaban J connectivity index is 2.44. The lowest BCUT2D eigenvalue weighted by Crippen LogP contribution is -2.46. The molecule has 0 spiro atoms. The quantitative estimate of drug-likeness (QED) is 0.630. The van der Waals surface area contributed by atoms with Crippen LogP contribution in [0.1, 0.15) is 33.1 Å². The Kier molecular flexibility index (Phi) is 6.79. The lowest BCUT2D eigenvalue weighted by Gasteiger charge is -2.29. The summed E-state index contributed by atoms with van der Waals surface area (Å²) in [6.45, 7) is 3.83. The average molecular weight is 334 g/mol. The molecule has 1 unspecified atom stereocenters. The first-order valence-electron chi connectivity index (χ1n) is 6.78. The summed E-state index contributed by atoms with van der Waals surface area (Å²) >= 11 is 1.13. The Morgan fingerprint density at radius 1 is 1.48 bits per heavy atom. The Morgan fingerprint density at radius 2 is 2.19 bits per heavy atom. The standard InChI is InChI=1S/C13H22N2O4S2/c1-3-13(2,7-9-16)15-11(17)6-8-14-21(18,19)12-5-4-10-20-12/h4-5,10,14,16H,3,6-9H2,1-2H3,(H,15,17). The molecule has 1 amide bonds. The highest BCUT2D eigenvalue weighted by atomic mass is 32.2. The van der Waals surface area contributed by atoms with E-state index in [1.165, 1.54) is 6.07 Å². The van der Waals surface area contributed by atoms with Crippen molar-refractivity contribution in [2.45, 2.75) is 42.9 Å². The molecule has 120 valence electrons. The molecule has 0 saturated heterocycles. The maximum Gasteiger partial charge on any atom is 0.250 e. The van der Waals surface area contributed by atoms with Crippen molar-refractivity contribution in [1.82, 2.24) is 10.0 Å². The largest absolute Gasteiger partial charge is 0.396 e. The predicted octanol–water partition coefficient (Wildman–Crippen LogP) is 1.08. The summed E-state index contributed by atoms with van der Waals surface area (Å²) in [7, 11) is -3.52. The maximum absolute atomic E-state index is 11.9. The fourth-order valence-electron chi connectivity index (χ4n) is 1.76. The summed E-state index contributed by atoms with van der Waals surface area (Å²) in [5.41, 5.74) is -0.460. The van der Waals surface area contributed by atoms with Crippen molar-refractivity contribution >= 4 is 27.3 Å². The highest BCUT2D eigenvalue weighted by Gasteiger charge is 2.23. The molecule has 0 fully saturated rings. The van der Waals surface area contributed by atoms with Crippen LogP contribution in [-0.4, -0.2) is 38.1 Å². The van der Waals surface area contributed by atoms with Gasteiger partial charge in [-0.3, -0.25) is 4.79 Å². The number of carbonyl (C=O) groups is 1. The number of rotatable bonds is 9. The van der Waals surface area contributed by atoms with Gasteiger partial charge in [0.2, 0.25) is 15.9 Å². The van der Waals surface area contributed by atoms with Gasteiger partial charge < -0.3 is 10.4 Å². The van der Waals surface area contributed by atoms with Crippen LogP contribution in [0.2, 0.25) is 0 Å². The highest BCUT2D eigenvalue weighted by Crippen LogP contribution is 2.15. The molecule has 1 aromatic rings. The van der Waals surface area contributed by atoms with Gasteiger partial charge >= 0.3 is 0 Å². The summed E-state index contributed by atoms with van der Waals surface area (Å²) in [5, 5.41) is 13.5. The molecule has 0 radical (unpaired) electrons. The van der Waals surface area contributed by atoms with E-state index in [9.17, 15) is 13.2 Å². The molecule has 0 saturated carbocycles. The molecule has 1 atom stereocenters. The first-order chi connectivity index (χ1) is 9.83. The van der Waals surface area contributed by atoms with Gasteiger partial charge in [-0.05, 0) is 31.2 Å². The van der Waals surface area contributed by atoms with Crippen LogP contribution in [0, 0.1) is 0 Å². The Labute approximate surface area is 129 Å². The molecule has 21 heavy (non-hydrogen) atoms. The molecule has 1 heterocycles. The number of hydrogen-bond donors (Lipinski definition) is 3. The molecule has 0 bridgehead atoms.